The van der Waals surface area contributed by atoms with Crippen LogP contribution in [0, 0.1) is 5.92 Å². The van der Waals surface area contributed by atoms with E-state index in [1.807, 2.05) is 0 Å². The Morgan fingerprint density at radius 3 is 2.68 bits per heavy atom. The van der Waals surface area contributed by atoms with E-state index in [0.29, 0.717) is 28.1 Å². The lowest BCUT2D eigenvalue weighted by molar-refractivity contribution is 0.0924. The summed E-state index contributed by atoms with van der Waals surface area (Å²) < 4.78 is 0. The first kappa shape index (κ1) is 14.6. The molecule has 0 aromatic heterocycles. The van der Waals surface area contributed by atoms with Gasteiger partial charge in [0.25, 0.3) is 5.91 Å². The van der Waals surface area contributed by atoms with Crippen LogP contribution < -0.4 is 11.1 Å². The van der Waals surface area contributed by atoms with E-state index < -0.39 is 0 Å². The van der Waals surface area contributed by atoms with Crippen LogP contribution >= 0.6 is 23.2 Å². The molecule has 1 saturated carbocycles. The molecule has 1 aliphatic carbocycles. The summed E-state index contributed by atoms with van der Waals surface area (Å²) in [5.74, 6) is 0.279. The van der Waals surface area contributed by atoms with Crippen molar-refractivity contribution in [2.24, 2.45) is 11.7 Å². The Morgan fingerprint density at radius 2 is 2.05 bits per heavy atom. The number of carbonyl (C=O) groups excluding carboxylic acids is 1. The maximum Gasteiger partial charge on any atom is 0.253 e. The highest BCUT2D eigenvalue weighted by Gasteiger charge is 2.26. The van der Waals surface area contributed by atoms with E-state index >= 15 is 0 Å². The van der Waals surface area contributed by atoms with Crippen LogP contribution in [0.1, 0.15) is 36.0 Å². The van der Waals surface area contributed by atoms with Gasteiger partial charge in [0.05, 0.1) is 15.6 Å². The molecule has 19 heavy (non-hydrogen) atoms. The number of hydrogen-bond donors (Lipinski definition) is 2. The molecule has 0 aliphatic heterocycles. The van der Waals surface area contributed by atoms with Gasteiger partial charge in [-0.15, -0.1) is 0 Å². The average Bonchev–Trinajstić information content (AvgIpc) is 2.92. The maximum atomic E-state index is 12.2. The van der Waals surface area contributed by atoms with Gasteiger partial charge in [-0.1, -0.05) is 42.1 Å². The quantitative estimate of drug-likeness (QED) is 0.897. The van der Waals surface area contributed by atoms with Gasteiger partial charge in [0.15, 0.2) is 0 Å². The third-order valence-electron chi connectivity index (χ3n) is 3.74. The van der Waals surface area contributed by atoms with E-state index in [1.165, 1.54) is 12.8 Å². The minimum absolute atomic E-state index is 0.0186. The smallest absolute Gasteiger partial charge is 0.253 e. The van der Waals surface area contributed by atoms with Crippen LogP contribution in [0.2, 0.25) is 10.0 Å². The van der Waals surface area contributed by atoms with Crippen molar-refractivity contribution in [1.82, 2.24) is 5.32 Å². The van der Waals surface area contributed by atoms with Crippen LogP contribution in [0.25, 0.3) is 0 Å². The van der Waals surface area contributed by atoms with E-state index in [-0.39, 0.29) is 11.9 Å². The molecule has 2 rings (SSSR count). The summed E-state index contributed by atoms with van der Waals surface area (Å²) >= 11 is 12.0. The second kappa shape index (κ2) is 6.60. The first-order valence-corrected chi connectivity index (χ1v) is 7.34. The number of rotatable bonds is 4. The molecule has 0 spiro atoms. The molecular weight excluding hydrogens is 283 g/mol. The molecule has 0 radical (unpaired) electrons. The zero-order chi connectivity index (χ0) is 13.8. The molecule has 1 aromatic rings. The Kier molecular flexibility index (Phi) is 5.08. The van der Waals surface area contributed by atoms with Gasteiger partial charge in [0, 0.05) is 12.6 Å². The van der Waals surface area contributed by atoms with Gasteiger partial charge in [0.2, 0.25) is 0 Å². The fraction of sp³-hybridized carbons (Fsp3) is 0.500. The van der Waals surface area contributed by atoms with Crippen LogP contribution in [-0.2, 0) is 0 Å². The van der Waals surface area contributed by atoms with Crippen molar-refractivity contribution in [3.05, 3.63) is 33.8 Å². The zero-order valence-electron chi connectivity index (χ0n) is 10.7. The predicted molar refractivity (Wildman–Crippen MR) is 78.7 cm³/mol. The standard InChI is InChI=1S/C14H18Cl2N2O/c15-11-7-3-6-10(13(11)16)14(19)18-12(8-17)9-4-1-2-5-9/h3,6-7,9,12H,1-2,4-5,8,17H2,(H,18,19). The summed E-state index contributed by atoms with van der Waals surface area (Å²) in [6, 6.07) is 5.07. The van der Waals surface area contributed by atoms with Crippen molar-refractivity contribution in [2.45, 2.75) is 31.7 Å². The molecule has 3 nitrogen and oxygen atoms in total. The number of hydrogen-bond acceptors (Lipinski definition) is 2. The number of halogens is 2. The van der Waals surface area contributed by atoms with E-state index in [2.05, 4.69) is 5.32 Å². The number of benzene rings is 1. The van der Waals surface area contributed by atoms with E-state index in [4.69, 9.17) is 28.9 Å². The summed E-state index contributed by atoms with van der Waals surface area (Å²) in [5.41, 5.74) is 6.18. The van der Waals surface area contributed by atoms with Gasteiger partial charge in [0.1, 0.15) is 0 Å². The lowest BCUT2D eigenvalue weighted by atomic mass is 9.98. The van der Waals surface area contributed by atoms with Gasteiger partial charge in [-0.25, -0.2) is 0 Å². The summed E-state index contributed by atoms with van der Waals surface area (Å²) in [7, 11) is 0. The molecule has 1 amide bonds. The van der Waals surface area contributed by atoms with Crippen molar-refractivity contribution in [2.75, 3.05) is 6.54 Å². The van der Waals surface area contributed by atoms with Crippen LogP contribution in [-0.4, -0.2) is 18.5 Å². The zero-order valence-corrected chi connectivity index (χ0v) is 12.2. The van der Waals surface area contributed by atoms with Crippen molar-refractivity contribution in [3.63, 3.8) is 0 Å². The van der Waals surface area contributed by atoms with Crippen molar-refractivity contribution < 1.29 is 4.79 Å². The summed E-state index contributed by atoms with van der Waals surface area (Å²) in [6.07, 6.45) is 4.70. The maximum absolute atomic E-state index is 12.2. The first-order valence-electron chi connectivity index (χ1n) is 6.58. The molecule has 3 N–H and O–H groups in total. The summed E-state index contributed by atoms with van der Waals surface area (Å²) in [4.78, 5) is 12.2. The van der Waals surface area contributed by atoms with Gasteiger partial charge in [-0.2, -0.15) is 0 Å². The first-order chi connectivity index (χ1) is 9.13. The van der Waals surface area contributed by atoms with Crippen LogP contribution in [0.15, 0.2) is 18.2 Å². The normalized spacial score (nSPS) is 17.4. The van der Waals surface area contributed by atoms with Crippen molar-refractivity contribution >= 4 is 29.1 Å². The van der Waals surface area contributed by atoms with Crippen molar-refractivity contribution in [3.8, 4) is 0 Å². The minimum Gasteiger partial charge on any atom is -0.348 e. The molecule has 104 valence electrons. The highest BCUT2D eigenvalue weighted by Crippen LogP contribution is 2.29. The molecule has 5 heteroatoms. The Hall–Kier alpha value is -0.770. The second-order valence-corrected chi connectivity index (χ2v) is 5.75. The molecule has 1 unspecified atom stereocenters. The second-order valence-electron chi connectivity index (χ2n) is 4.96. The fourth-order valence-corrected chi connectivity index (χ4v) is 3.04. The summed E-state index contributed by atoms with van der Waals surface area (Å²) in [6.45, 7) is 0.453. The SMILES string of the molecule is NCC(NC(=O)c1cccc(Cl)c1Cl)C1CCCC1. The lowest BCUT2D eigenvalue weighted by Crippen LogP contribution is -2.44. The van der Waals surface area contributed by atoms with E-state index in [0.717, 1.165) is 12.8 Å². The number of carbonyl (C=O) groups is 1. The highest BCUT2D eigenvalue weighted by molar-refractivity contribution is 6.43. The molecule has 1 fully saturated rings. The molecule has 1 aromatic carbocycles. The Morgan fingerprint density at radius 1 is 1.37 bits per heavy atom. The molecule has 0 heterocycles. The Balaban J connectivity index is 2.08. The largest absolute Gasteiger partial charge is 0.348 e. The molecule has 1 atom stereocenters. The van der Waals surface area contributed by atoms with E-state index in [9.17, 15) is 4.79 Å². The number of amides is 1. The Bertz CT molecular complexity index is 459. The molecular formula is C14H18Cl2N2O. The Labute approximate surface area is 123 Å². The predicted octanol–water partition coefficient (Wildman–Crippen LogP) is 3.24. The topological polar surface area (TPSA) is 55.1 Å². The van der Waals surface area contributed by atoms with Crippen molar-refractivity contribution in [1.29, 1.82) is 0 Å². The highest BCUT2D eigenvalue weighted by atomic mass is 35.5. The van der Waals surface area contributed by atoms with Crippen LogP contribution in [0.5, 0.6) is 0 Å². The van der Waals surface area contributed by atoms with Gasteiger partial charge >= 0.3 is 0 Å². The van der Waals surface area contributed by atoms with Gasteiger partial charge in [-0.3, -0.25) is 4.79 Å². The molecule has 0 saturated heterocycles. The van der Waals surface area contributed by atoms with Gasteiger partial charge in [-0.05, 0) is 30.9 Å². The van der Waals surface area contributed by atoms with Crippen LogP contribution in [0.4, 0.5) is 0 Å². The monoisotopic (exact) mass is 300 g/mol. The van der Waals surface area contributed by atoms with Gasteiger partial charge < -0.3 is 11.1 Å². The average molecular weight is 301 g/mol. The third kappa shape index (κ3) is 3.41. The molecule has 1 aliphatic rings. The summed E-state index contributed by atoms with van der Waals surface area (Å²) in [5, 5.41) is 3.67. The molecule has 0 bridgehead atoms. The number of nitrogens with one attached hydrogen (secondary N) is 1. The minimum atomic E-state index is -0.199. The third-order valence-corrected chi connectivity index (χ3v) is 4.55. The van der Waals surface area contributed by atoms with E-state index in [1.54, 1.807) is 18.2 Å². The fourth-order valence-electron chi connectivity index (χ4n) is 2.65. The number of nitrogens with two attached hydrogens (primary N) is 1. The van der Waals surface area contributed by atoms with Crippen LogP contribution in [0.3, 0.4) is 0 Å². The lowest BCUT2D eigenvalue weighted by Gasteiger charge is -2.23.